The maximum atomic E-state index is 6.54. The third-order valence-corrected chi connectivity index (χ3v) is 9.45. The molecule has 0 fully saturated rings. The Bertz CT molecular complexity index is 2800. The molecular weight excluding hydrogens is 613 g/mol. The van der Waals surface area contributed by atoms with Crippen LogP contribution in [0.3, 0.4) is 0 Å². The van der Waals surface area contributed by atoms with Gasteiger partial charge in [-0.05, 0) is 47.5 Å². The first-order valence-electron chi connectivity index (χ1n) is 16.7. The van der Waals surface area contributed by atoms with E-state index in [9.17, 15) is 0 Å². The molecule has 0 saturated carbocycles. The number of nitrogens with zero attached hydrogens (tertiary/aromatic N) is 4. The van der Waals surface area contributed by atoms with Gasteiger partial charge in [0.2, 0.25) is 0 Å². The van der Waals surface area contributed by atoms with Gasteiger partial charge in [-0.3, -0.25) is 0 Å². The van der Waals surface area contributed by atoms with Crippen LogP contribution in [0.5, 0.6) is 0 Å². The second-order valence-corrected chi connectivity index (χ2v) is 12.5. The SMILES string of the molecule is c1ccc(-c2ccc3c(c2)oc2cccc(-n4c5ccccc5c5ccc(-c6nc(-c7ccccc7)nc(-c7ccccc7)n6)cc54)c23)cc1. The molecule has 234 valence electrons. The molecule has 0 spiro atoms. The molecule has 3 aromatic heterocycles. The van der Waals surface area contributed by atoms with Crippen molar-refractivity contribution < 1.29 is 4.42 Å². The summed E-state index contributed by atoms with van der Waals surface area (Å²) in [5.74, 6) is 1.90. The first kappa shape index (κ1) is 28.2. The van der Waals surface area contributed by atoms with Crippen molar-refractivity contribution in [2.75, 3.05) is 0 Å². The van der Waals surface area contributed by atoms with Gasteiger partial charge in [-0.25, -0.2) is 15.0 Å². The Hall–Kier alpha value is -6.85. The largest absolute Gasteiger partial charge is 0.456 e. The highest BCUT2D eigenvalue weighted by molar-refractivity contribution is 6.15. The minimum atomic E-state index is 0.622. The van der Waals surface area contributed by atoms with Crippen LogP contribution in [0.4, 0.5) is 0 Å². The molecule has 0 aliphatic rings. The molecule has 10 aromatic rings. The van der Waals surface area contributed by atoms with Crippen molar-refractivity contribution in [3.05, 3.63) is 170 Å². The molecule has 3 heterocycles. The molecule has 0 unspecified atom stereocenters. The fourth-order valence-electron chi connectivity index (χ4n) is 7.11. The van der Waals surface area contributed by atoms with Crippen molar-refractivity contribution in [2.45, 2.75) is 0 Å². The van der Waals surface area contributed by atoms with Crippen LogP contribution in [-0.4, -0.2) is 19.5 Å². The molecule has 0 aliphatic carbocycles. The normalized spacial score (nSPS) is 11.6. The number of hydrogen-bond acceptors (Lipinski definition) is 4. The van der Waals surface area contributed by atoms with Crippen molar-refractivity contribution in [1.82, 2.24) is 19.5 Å². The number of aromatic nitrogens is 4. The van der Waals surface area contributed by atoms with Gasteiger partial charge in [-0.2, -0.15) is 0 Å². The first-order valence-corrected chi connectivity index (χ1v) is 16.7. The summed E-state index contributed by atoms with van der Waals surface area (Å²) >= 11 is 0. The predicted octanol–water partition coefficient (Wildman–Crippen LogP) is 11.5. The van der Waals surface area contributed by atoms with Crippen LogP contribution in [-0.2, 0) is 0 Å². The lowest BCUT2D eigenvalue weighted by Gasteiger charge is -2.11. The highest BCUT2D eigenvalue weighted by Crippen LogP contribution is 2.40. The number of rotatable bonds is 5. The maximum Gasteiger partial charge on any atom is 0.164 e. The molecule has 0 amide bonds. The van der Waals surface area contributed by atoms with Gasteiger partial charge in [-0.15, -0.1) is 0 Å². The lowest BCUT2D eigenvalue weighted by Crippen LogP contribution is -2.00. The van der Waals surface area contributed by atoms with Crippen molar-refractivity contribution in [3.63, 3.8) is 0 Å². The van der Waals surface area contributed by atoms with Crippen LogP contribution < -0.4 is 0 Å². The molecule has 0 radical (unpaired) electrons. The van der Waals surface area contributed by atoms with E-state index in [4.69, 9.17) is 19.4 Å². The summed E-state index contributed by atoms with van der Waals surface area (Å²) in [7, 11) is 0. The Morgan fingerprint density at radius 3 is 1.62 bits per heavy atom. The van der Waals surface area contributed by atoms with Crippen molar-refractivity contribution in [1.29, 1.82) is 0 Å². The Morgan fingerprint density at radius 1 is 0.360 bits per heavy atom. The van der Waals surface area contributed by atoms with Crippen LogP contribution in [0.2, 0.25) is 0 Å². The summed E-state index contributed by atoms with van der Waals surface area (Å²) < 4.78 is 8.90. The molecule has 0 atom stereocenters. The number of furan rings is 1. The van der Waals surface area contributed by atoms with E-state index in [-0.39, 0.29) is 0 Å². The highest BCUT2D eigenvalue weighted by atomic mass is 16.3. The maximum absolute atomic E-state index is 6.54. The molecule has 10 rings (SSSR count). The molecule has 0 N–H and O–H groups in total. The third-order valence-electron chi connectivity index (χ3n) is 9.45. The van der Waals surface area contributed by atoms with Crippen molar-refractivity contribution in [3.8, 4) is 51.0 Å². The van der Waals surface area contributed by atoms with Crippen LogP contribution >= 0.6 is 0 Å². The van der Waals surface area contributed by atoms with Gasteiger partial charge in [-0.1, -0.05) is 133 Å². The van der Waals surface area contributed by atoms with E-state index in [2.05, 4.69) is 108 Å². The van der Waals surface area contributed by atoms with Gasteiger partial charge in [0.05, 0.1) is 22.1 Å². The molecule has 5 heteroatoms. The number of para-hydroxylation sites is 1. The topological polar surface area (TPSA) is 56.7 Å². The second-order valence-electron chi connectivity index (χ2n) is 12.5. The molecule has 7 aromatic carbocycles. The average molecular weight is 641 g/mol. The molecule has 0 saturated heterocycles. The van der Waals surface area contributed by atoms with E-state index in [0.717, 1.165) is 71.9 Å². The number of hydrogen-bond donors (Lipinski definition) is 0. The van der Waals surface area contributed by atoms with E-state index < -0.39 is 0 Å². The standard InChI is InChI=1S/C45H28N4O/c1-4-13-29(14-5-1)32-23-26-36-41(28-32)50-40-22-12-21-38(42(36)40)49-37-20-11-10-19-34(37)35-25-24-33(27-39(35)49)45-47-43(30-15-6-2-7-16-30)46-44(48-45)31-17-8-3-9-18-31/h1-28H. The second kappa shape index (κ2) is 11.4. The Labute approximate surface area is 287 Å². The van der Waals surface area contributed by atoms with Crippen molar-refractivity contribution in [2.24, 2.45) is 0 Å². The summed E-state index contributed by atoms with van der Waals surface area (Å²) in [5.41, 5.74) is 10.0. The molecular formula is C45H28N4O. The fraction of sp³-hybridized carbons (Fsp3) is 0. The minimum absolute atomic E-state index is 0.622. The zero-order valence-electron chi connectivity index (χ0n) is 26.9. The van der Waals surface area contributed by atoms with E-state index in [1.807, 2.05) is 66.7 Å². The monoisotopic (exact) mass is 640 g/mol. The van der Waals surface area contributed by atoms with Gasteiger partial charge in [0.25, 0.3) is 0 Å². The Kier molecular flexibility index (Phi) is 6.42. The minimum Gasteiger partial charge on any atom is -0.456 e. The van der Waals surface area contributed by atoms with E-state index in [0.29, 0.717) is 17.5 Å². The molecule has 0 bridgehead atoms. The van der Waals surface area contributed by atoms with Gasteiger partial charge in [0, 0.05) is 32.8 Å². The summed E-state index contributed by atoms with van der Waals surface area (Å²) in [6.45, 7) is 0. The van der Waals surface area contributed by atoms with Crippen LogP contribution in [0.15, 0.2) is 174 Å². The molecule has 0 aliphatic heterocycles. The summed E-state index contributed by atoms with van der Waals surface area (Å²) in [6, 6.07) is 58.5. The molecule has 5 nitrogen and oxygen atoms in total. The van der Waals surface area contributed by atoms with Crippen LogP contribution in [0.25, 0.3) is 94.7 Å². The third kappa shape index (κ3) is 4.60. The number of fused-ring (bicyclic) bond motifs is 6. The summed E-state index contributed by atoms with van der Waals surface area (Å²) in [6.07, 6.45) is 0. The van der Waals surface area contributed by atoms with Crippen LogP contribution in [0.1, 0.15) is 0 Å². The van der Waals surface area contributed by atoms with E-state index in [1.165, 1.54) is 5.39 Å². The summed E-state index contributed by atoms with van der Waals surface area (Å²) in [5, 5.41) is 4.49. The zero-order valence-corrected chi connectivity index (χ0v) is 26.9. The first-order chi connectivity index (χ1) is 24.8. The lowest BCUT2D eigenvalue weighted by molar-refractivity contribution is 0.669. The Balaban J connectivity index is 1.21. The van der Waals surface area contributed by atoms with E-state index in [1.54, 1.807) is 0 Å². The Morgan fingerprint density at radius 2 is 0.920 bits per heavy atom. The quantitative estimate of drug-likeness (QED) is 0.188. The smallest absolute Gasteiger partial charge is 0.164 e. The van der Waals surface area contributed by atoms with Gasteiger partial charge < -0.3 is 8.98 Å². The zero-order chi connectivity index (χ0) is 33.0. The number of benzene rings is 7. The average Bonchev–Trinajstić information content (AvgIpc) is 3.74. The highest BCUT2D eigenvalue weighted by Gasteiger charge is 2.20. The van der Waals surface area contributed by atoms with Gasteiger partial charge >= 0.3 is 0 Å². The fourth-order valence-corrected chi connectivity index (χ4v) is 7.11. The van der Waals surface area contributed by atoms with Gasteiger partial charge in [0.1, 0.15) is 11.2 Å². The van der Waals surface area contributed by atoms with Crippen molar-refractivity contribution >= 4 is 43.7 Å². The molecule has 50 heavy (non-hydrogen) atoms. The predicted molar refractivity (Wildman–Crippen MR) is 203 cm³/mol. The lowest BCUT2D eigenvalue weighted by atomic mass is 10.0. The van der Waals surface area contributed by atoms with Gasteiger partial charge in [0.15, 0.2) is 17.5 Å². The summed E-state index contributed by atoms with van der Waals surface area (Å²) in [4.78, 5) is 15.0. The van der Waals surface area contributed by atoms with Crippen LogP contribution in [0, 0.1) is 0 Å². The van der Waals surface area contributed by atoms with E-state index >= 15 is 0 Å².